The first-order chi connectivity index (χ1) is 11.9. The minimum Gasteiger partial charge on any atom is -0.597 e. The summed E-state index contributed by atoms with van der Waals surface area (Å²) in [5, 5.41) is 1.06. The maximum Gasteiger partial charge on any atom is 0.142 e. The number of hydrogen-bond donors (Lipinski definition) is 1. The maximum absolute atomic E-state index is 12.9. The van der Waals surface area contributed by atoms with Crippen molar-refractivity contribution >= 4 is 28.2 Å². The molecule has 0 bridgehead atoms. The van der Waals surface area contributed by atoms with Crippen LogP contribution in [0.4, 0.5) is 5.82 Å². The second kappa shape index (κ2) is 6.14. The van der Waals surface area contributed by atoms with E-state index < -0.39 is 11.4 Å². The first-order valence-electron chi connectivity index (χ1n) is 9.05. The first-order valence-corrected chi connectivity index (χ1v) is 10.2. The van der Waals surface area contributed by atoms with Gasteiger partial charge in [-0.25, -0.2) is 9.97 Å². The highest BCUT2D eigenvalue weighted by atomic mass is 32.2. The van der Waals surface area contributed by atoms with Crippen LogP contribution in [-0.4, -0.2) is 54.7 Å². The number of nitrogens with one attached hydrogen (secondary N) is 1. The van der Waals surface area contributed by atoms with Gasteiger partial charge in [0.05, 0.1) is 5.39 Å². The molecular weight excluding hydrogens is 334 g/mol. The number of H-pyrrole nitrogens is 1. The molecule has 2 fully saturated rings. The molecule has 0 amide bonds. The second-order valence-corrected chi connectivity index (χ2v) is 10.2. The Hall–Kier alpha value is -1.31. The van der Waals surface area contributed by atoms with Crippen molar-refractivity contribution in [2.24, 2.45) is 11.8 Å². The van der Waals surface area contributed by atoms with E-state index >= 15 is 0 Å². The van der Waals surface area contributed by atoms with Gasteiger partial charge in [0.1, 0.15) is 22.5 Å². The molecule has 1 aliphatic carbocycles. The zero-order valence-electron chi connectivity index (χ0n) is 15.4. The third-order valence-corrected chi connectivity index (χ3v) is 8.03. The summed E-state index contributed by atoms with van der Waals surface area (Å²) in [4.78, 5) is 14.2. The highest BCUT2D eigenvalue weighted by Crippen LogP contribution is 2.45. The van der Waals surface area contributed by atoms with Gasteiger partial charge in [-0.1, -0.05) is 6.92 Å². The van der Waals surface area contributed by atoms with E-state index in [4.69, 9.17) is 0 Å². The fourth-order valence-corrected chi connectivity index (χ4v) is 5.96. The van der Waals surface area contributed by atoms with E-state index in [2.05, 4.69) is 52.0 Å². The summed E-state index contributed by atoms with van der Waals surface area (Å²) in [5.41, 5.74) is 0.876. The molecule has 2 aromatic heterocycles. The molecule has 1 aliphatic heterocycles. The van der Waals surface area contributed by atoms with Crippen molar-refractivity contribution in [1.82, 2.24) is 19.3 Å². The quantitative estimate of drug-likeness (QED) is 0.829. The largest absolute Gasteiger partial charge is 0.597 e. The molecule has 6 nitrogen and oxygen atoms in total. The van der Waals surface area contributed by atoms with Crippen molar-refractivity contribution in [3.63, 3.8) is 0 Å². The highest BCUT2D eigenvalue weighted by Gasteiger charge is 2.52. The highest BCUT2D eigenvalue weighted by molar-refractivity contribution is 7.90. The van der Waals surface area contributed by atoms with Gasteiger partial charge in [0.25, 0.3) is 0 Å². The third-order valence-electron chi connectivity index (χ3n) is 6.03. The van der Waals surface area contributed by atoms with E-state index in [9.17, 15) is 4.55 Å². The average molecular weight is 362 g/mol. The van der Waals surface area contributed by atoms with Crippen LogP contribution in [0.1, 0.15) is 33.6 Å². The van der Waals surface area contributed by atoms with E-state index in [0.717, 1.165) is 42.8 Å². The molecule has 1 atom stereocenters. The van der Waals surface area contributed by atoms with Crippen LogP contribution in [0.3, 0.4) is 0 Å². The number of aromatic amines is 1. The van der Waals surface area contributed by atoms with Crippen molar-refractivity contribution in [2.45, 2.75) is 44.4 Å². The van der Waals surface area contributed by atoms with Crippen molar-refractivity contribution in [3.05, 3.63) is 18.6 Å². The number of anilines is 1. The van der Waals surface area contributed by atoms with Gasteiger partial charge in [0.15, 0.2) is 0 Å². The molecule has 136 valence electrons. The van der Waals surface area contributed by atoms with Crippen LogP contribution >= 0.6 is 0 Å². The molecule has 2 aromatic rings. The fraction of sp³-hybridized carbons (Fsp3) is 0.667. The molecule has 7 heteroatoms. The Balaban J connectivity index is 1.42. The number of aromatic nitrogens is 3. The number of rotatable bonds is 5. The average Bonchev–Trinajstić information content (AvgIpc) is 2.97. The molecule has 0 aromatic carbocycles. The van der Waals surface area contributed by atoms with E-state index in [1.807, 2.05) is 12.3 Å². The zero-order chi connectivity index (χ0) is 17.8. The first kappa shape index (κ1) is 17.1. The van der Waals surface area contributed by atoms with Gasteiger partial charge in [-0.15, -0.1) is 4.31 Å². The van der Waals surface area contributed by atoms with Crippen LogP contribution in [0.25, 0.3) is 11.0 Å². The molecule has 25 heavy (non-hydrogen) atoms. The fourth-order valence-electron chi connectivity index (χ4n) is 4.04. The predicted octanol–water partition coefficient (Wildman–Crippen LogP) is 2.57. The summed E-state index contributed by atoms with van der Waals surface area (Å²) in [5.74, 6) is 2.15. The van der Waals surface area contributed by atoms with Crippen LogP contribution in [0.2, 0.25) is 0 Å². The van der Waals surface area contributed by atoms with Gasteiger partial charge in [-0.3, -0.25) is 0 Å². The van der Waals surface area contributed by atoms with E-state index in [-0.39, 0.29) is 4.75 Å². The summed E-state index contributed by atoms with van der Waals surface area (Å²) in [6.45, 7) is 8.50. The normalized spacial score (nSPS) is 26.3. The minimum absolute atomic E-state index is 0.160. The maximum atomic E-state index is 12.9. The van der Waals surface area contributed by atoms with E-state index in [1.54, 1.807) is 6.33 Å². The van der Waals surface area contributed by atoms with Crippen LogP contribution in [0.15, 0.2) is 18.6 Å². The van der Waals surface area contributed by atoms with Crippen molar-refractivity contribution in [3.8, 4) is 0 Å². The summed E-state index contributed by atoms with van der Waals surface area (Å²) in [6, 6.07) is 2.48. The van der Waals surface area contributed by atoms with Gasteiger partial charge in [0, 0.05) is 49.7 Å². The smallest absolute Gasteiger partial charge is 0.142 e. The van der Waals surface area contributed by atoms with Crippen molar-refractivity contribution in [2.75, 3.05) is 25.0 Å². The number of fused-ring (bicyclic) bond motifs is 1. The summed E-state index contributed by atoms with van der Waals surface area (Å²) >= 11 is -0.892. The standard InChI is InChI=1S/C18H27N5OS/c1-12-9-23(10-12)25(24)18(2,3)13-7-14(8-13)22(4)17-15-5-6-19-16(15)20-11-21-17/h5-6,11-14H,7-10H2,1-4H3,(H,19,20,21)/t13-,14+,25?. The number of hydrogen-bond acceptors (Lipinski definition) is 5. The van der Waals surface area contributed by atoms with E-state index in [1.165, 1.54) is 0 Å². The van der Waals surface area contributed by atoms with Crippen LogP contribution in [0.5, 0.6) is 0 Å². The van der Waals surface area contributed by atoms with Crippen LogP contribution in [-0.2, 0) is 11.4 Å². The molecule has 1 saturated carbocycles. The van der Waals surface area contributed by atoms with Gasteiger partial charge in [-0.2, -0.15) is 0 Å². The lowest BCUT2D eigenvalue weighted by Gasteiger charge is -2.51. The molecular formula is C18H27N5OS. The van der Waals surface area contributed by atoms with Gasteiger partial charge >= 0.3 is 0 Å². The number of nitrogens with zero attached hydrogens (tertiary/aromatic N) is 4. The molecule has 1 unspecified atom stereocenters. The Bertz CT molecular complexity index is 751. The molecule has 1 saturated heterocycles. The summed E-state index contributed by atoms with van der Waals surface area (Å²) in [7, 11) is 2.11. The van der Waals surface area contributed by atoms with Crippen LogP contribution < -0.4 is 4.90 Å². The molecule has 0 spiro atoms. The topological polar surface area (TPSA) is 71.1 Å². The van der Waals surface area contributed by atoms with Gasteiger partial charge in [0.2, 0.25) is 0 Å². The lowest BCUT2D eigenvalue weighted by atomic mass is 9.72. The molecule has 4 rings (SSSR count). The van der Waals surface area contributed by atoms with Crippen molar-refractivity contribution in [1.29, 1.82) is 0 Å². The molecule has 1 N–H and O–H groups in total. The Kier molecular flexibility index (Phi) is 4.21. The Morgan fingerprint density at radius 3 is 2.72 bits per heavy atom. The van der Waals surface area contributed by atoms with Crippen LogP contribution in [0, 0.1) is 11.8 Å². The SMILES string of the molecule is CC1CN([S+]([O-])C(C)(C)[C@H]2C[C@@H](N(C)c3ncnc4[nH]ccc34)C2)C1. The third kappa shape index (κ3) is 2.82. The monoisotopic (exact) mass is 361 g/mol. The van der Waals surface area contributed by atoms with E-state index in [0.29, 0.717) is 17.9 Å². The Morgan fingerprint density at radius 2 is 2.04 bits per heavy atom. The molecule has 0 radical (unpaired) electrons. The molecule has 2 aliphatic rings. The minimum atomic E-state index is -0.892. The lowest BCUT2D eigenvalue weighted by Crippen LogP contribution is -2.60. The van der Waals surface area contributed by atoms with Gasteiger partial charge in [-0.05, 0) is 38.7 Å². The molecule has 3 heterocycles. The Labute approximate surface area is 152 Å². The zero-order valence-corrected chi connectivity index (χ0v) is 16.2. The Morgan fingerprint density at radius 1 is 1.32 bits per heavy atom. The predicted molar refractivity (Wildman–Crippen MR) is 102 cm³/mol. The lowest BCUT2D eigenvalue weighted by molar-refractivity contribution is 0.175. The second-order valence-electron chi connectivity index (χ2n) is 8.18. The van der Waals surface area contributed by atoms with Gasteiger partial charge < -0.3 is 14.4 Å². The summed E-state index contributed by atoms with van der Waals surface area (Å²) < 4.78 is 14.9. The van der Waals surface area contributed by atoms with Crippen molar-refractivity contribution < 1.29 is 4.55 Å². The summed E-state index contributed by atoms with van der Waals surface area (Å²) in [6.07, 6.45) is 5.65.